The standard InChI is InChI=1S/C15H17ClN4O2S/c1-15(2,3)22-12(6-11(19)21)20-13(9(7-17)8-18)14-10(16)4-5-23-14/h4-5,9,12H,6H2,1-3H3,(H2,19,21). The van der Waals surface area contributed by atoms with E-state index in [2.05, 4.69) is 4.99 Å². The highest BCUT2D eigenvalue weighted by Gasteiger charge is 2.26. The van der Waals surface area contributed by atoms with Gasteiger partial charge in [0.15, 0.2) is 12.1 Å². The van der Waals surface area contributed by atoms with E-state index >= 15 is 0 Å². The first kappa shape index (κ1) is 19.1. The van der Waals surface area contributed by atoms with Gasteiger partial charge < -0.3 is 10.5 Å². The Labute approximate surface area is 144 Å². The third-order valence-corrected chi connectivity index (χ3v) is 3.89. The summed E-state index contributed by atoms with van der Waals surface area (Å²) in [5.41, 5.74) is 4.84. The lowest BCUT2D eigenvalue weighted by Gasteiger charge is -2.25. The Bertz CT molecular complexity index is 665. The first-order valence-corrected chi connectivity index (χ1v) is 8.00. The lowest BCUT2D eigenvalue weighted by atomic mass is 10.1. The molecule has 1 rings (SSSR count). The van der Waals surface area contributed by atoms with Crippen LogP contribution >= 0.6 is 22.9 Å². The van der Waals surface area contributed by atoms with Crippen molar-refractivity contribution >= 4 is 34.6 Å². The van der Waals surface area contributed by atoms with E-state index in [0.717, 1.165) is 0 Å². The molecule has 0 aliphatic heterocycles. The normalized spacial score (nSPS) is 13.4. The largest absolute Gasteiger partial charge is 0.370 e. The quantitative estimate of drug-likeness (QED) is 0.793. The van der Waals surface area contributed by atoms with Crippen LogP contribution < -0.4 is 5.73 Å². The molecule has 23 heavy (non-hydrogen) atoms. The molecule has 0 aliphatic rings. The summed E-state index contributed by atoms with van der Waals surface area (Å²) in [6.07, 6.45) is -1.06. The summed E-state index contributed by atoms with van der Waals surface area (Å²) >= 11 is 7.35. The van der Waals surface area contributed by atoms with E-state index in [9.17, 15) is 15.3 Å². The van der Waals surface area contributed by atoms with Crippen LogP contribution in [0.25, 0.3) is 0 Å². The van der Waals surface area contributed by atoms with Gasteiger partial charge in [0.05, 0.1) is 39.8 Å². The number of hydrogen-bond acceptors (Lipinski definition) is 6. The highest BCUT2D eigenvalue weighted by atomic mass is 35.5. The van der Waals surface area contributed by atoms with Gasteiger partial charge in [0.1, 0.15) is 0 Å². The number of carbonyl (C=O) groups excluding carboxylic acids is 1. The second-order valence-corrected chi connectivity index (χ2v) is 6.98. The summed E-state index contributed by atoms with van der Waals surface area (Å²) in [6.45, 7) is 5.42. The van der Waals surface area contributed by atoms with Crippen LogP contribution in [0.1, 0.15) is 32.1 Å². The van der Waals surface area contributed by atoms with Crippen LogP contribution in [0.2, 0.25) is 5.02 Å². The molecule has 0 saturated carbocycles. The van der Waals surface area contributed by atoms with Crippen LogP contribution in [0.3, 0.4) is 0 Å². The molecule has 0 radical (unpaired) electrons. The number of primary amides is 1. The Hall–Kier alpha value is -1.93. The Morgan fingerprint density at radius 2 is 2.09 bits per heavy atom. The van der Waals surface area contributed by atoms with Gasteiger partial charge in [-0.05, 0) is 32.2 Å². The Balaban J connectivity index is 3.33. The van der Waals surface area contributed by atoms with E-state index in [4.69, 9.17) is 22.1 Å². The molecule has 8 heteroatoms. The number of halogens is 1. The number of aliphatic imine (C=N–C) groups is 1. The molecule has 0 aliphatic carbocycles. The summed E-state index contributed by atoms with van der Waals surface area (Å²) < 4.78 is 5.71. The van der Waals surface area contributed by atoms with Gasteiger partial charge in [-0.15, -0.1) is 11.3 Å². The third kappa shape index (κ3) is 5.99. The predicted octanol–water partition coefficient (Wildman–Crippen LogP) is 2.87. The number of nitriles is 2. The molecule has 1 amide bonds. The number of nitrogens with zero attached hydrogens (tertiary/aromatic N) is 3. The zero-order valence-corrected chi connectivity index (χ0v) is 14.6. The van der Waals surface area contributed by atoms with Gasteiger partial charge >= 0.3 is 0 Å². The topological polar surface area (TPSA) is 112 Å². The number of nitrogens with two attached hydrogens (primary N) is 1. The van der Waals surface area contributed by atoms with E-state index in [1.165, 1.54) is 11.3 Å². The molecule has 1 aromatic rings. The van der Waals surface area contributed by atoms with E-state index < -0.39 is 23.7 Å². The molecule has 0 fully saturated rings. The van der Waals surface area contributed by atoms with Gasteiger partial charge in [-0.1, -0.05) is 11.6 Å². The average Bonchev–Trinajstić information content (AvgIpc) is 2.82. The summed E-state index contributed by atoms with van der Waals surface area (Å²) in [5, 5.41) is 20.5. The van der Waals surface area contributed by atoms with Gasteiger partial charge in [-0.25, -0.2) is 0 Å². The van der Waals surface area contributed by atoms with Crippen LogP contribution in [0.15, 0.2) is 16.4 Å². The van der Waals surface area contributed by atoms with Crippen molar-refractivity contribution in [3.05, 3.63) is 21.3 Å². The minimum atomic E-state index is -1.12. The van der Waals surface area contributed by atoms with E-state index in [1.54, 1.807) is 32.2 Å². The number of carbonyl (C=O) groups is 1. The number of ether oxygens (including phenoxy) is 1. The maximum atomic E-state index is 11.3. The van der Waals surface area contributed by atoms with Crippen LogP contribution in [0.5, 0.6) is 0 Å². The number of hydrogen-bond donors (Lipinski definition) is 1. The fraction of sp³-hybridized carbons (Fsp3) is 0.467. The minimum Gasteiger partial charge on any atom is -0.370 e. The SMILES string of the molecule is CC(C)(C)OC(CC(N)=O)N=C(c1sccc1Cl)C(C#N)C#N. The van der Waals surface area contributed by atoms with E-state index in [0.29, 0.717) is 9.90 Å². The van der Waals surface area contributed by atoms with Crippen molar-refractivity contribution in [3.63, 3.8) is 0 Å². The van der Waals surface area contributed by atoms with Crippen molar-refractivity contribution in [2.75, 3.05) is 0 Å². The maximum Gasteiger partial charge on any atom is 0.222 e. The zero-order chi connectivity index (χ0) is 17.6. The first-order valence-electron chi connectivity index (χ1n) is 6.74. The number of rotatable bonds is 6. The fourth-order valence-electron chi connectivity index (χ4n) is 1.74. The molecule has 1 heterocycles. The predicted molar refractivity (Wildman–Crippen MR) is 89.0 cm³/mol. The molecule has 0 bridgehead atoms. The second kappa shape index (κ2) is 8.07. The van der Waals surface area contributed by atoms with E-state index in [1.807, 2.05) is 12.1 Å². The van der Waals surface area contributed by atoms with Crippen molar-refractivity contribution in [2.24, 2.45) is 16.6 Å². The highest BCUT2D eigenvalue weighted by molar-refractivity contribution is 7.13. The Kier molecular flexibility index (Phi) is 6.71. The van der Waals surface area contributed by atoms with Gasteiger partial charge in [0.25, 0.3) is 0 Å². The monoisotopic (exact) mass is 352 g/mol. The fourth-order valence-corrected chi connectivity index (χ4v) is 2.92. The molecule has 122 valence electrons. The molecule has 0 saturated heterocycles. The number of amides is 1. The van der Waals surface area contributed by atoms with Crippen LogP contribution in [0.4, 0.5) is 0 Å². The molecule has 1 aromatic heterocycles. The van der Waals surface area contributed by atoms with Crippen molar-refractivity contribution in [1.82, 2.24) is 0 Å². The minimum absolute atomic E-state index is 0.159. The molecule has 0 aromatic carbocycles. The highest BCUT2D eigenvalue weighted by Crippen LogP contribution is 2.27. The maximum absolute atomic E-state index is 11.3. The first-order chi connectivity index (χ1) is 10.7. The molecule has 0 spiro atoms. The van der Waals surface area contributed by atoms with Crippen LogP contribution in [0, 0.1) is 28.6 Å². The van der Waals surface area contributed by atoms with E-state index in [-0.39, 0.29) is 12.1 Å². The summed E-state index contributed by atoms with van der Waals surface area (Å²) in [5.74, 6) is -1.71. The number of thiophene rings is 1. The van der Waals surface area contributed by atoms with Crippen LogP contribution in [-0.2, 0) is 9.53 Å². The average molecular weight is 353 g/mol. The Morgan fingerprint density at radius 3 is 2.48 bits per heavy atom. The van der Waals surface area contributed by atoms with Crippen molar-refractivity contribution in [2.45, 2.75) is 39.0 Å². The summed E-state index contributed by atoms with van der Waals surface area (Å²) in [4.78, 5) is 16.1. The van der Waals surface area contributed by atoms with Gasteiger partial charge in [0.2, 0.25) is 5.91 Å². The summed E-state index contributed by atoms with van der Waals surface area (Å²) in [7, 11) is 0. The smallest absolute Gasteiger partial charge is 0.222 e. The molecular weight excluding hydrogens is 336 g/mol. The van der Waals surface area contributed by atoms with Crippen molar-refractivity contribution < 1.29 is 9.53 Å². The molecule has 1 unspecified atom stereocenters. The molecular formula is C15H17ClN4O2S. The second-order valence-electron chi connectivity index (χ2n) is 5.66. The van der Waals surface area contributed by atoms with Gasteiger partial charge in [-0.2, -0.15) is 10.5 Å². The third-order valence-electron chi connectivity index (χ3n) is 2.53. The summed E-state index contributed by atoms with van der Waals surface area (Å²) in [6, 6.07) is 5.40. The lowest BCUT2D eigenvalue weighted by Crippen LogP contribution is -2.31. The lowest BCUT2D eigenvalue weighted by molar-refractivity contribution is -0.124. The van der Waals surface area contributed by atoms with Crippen molar-refractivity contribution in [1.29, 1.82) is 10.5 Å². The zero-order valence-electron chi connectivity index (χ0n) is 13.0. The van der Waals surface area contributed by atoms with Crippen LogP contribution in [-0.4, -0.2) is 23.4 Å². The van der Waals surface area contributed by atoms with Crippen molar-refractivity contribution in [3.8, 4) is 12.1 Å². The molecule has 2 N–H and O–H groups in total. The molecule has 1 atom stereocenters. The van der Waals surface area contributed by atoms with Gasteiger partial charge in [-0.3, -0.25) is 9.79 Å². The Morgan fingerprint density at radius 1 is 1.48 bits per heavy atom. The molecule has 6 nitrogen and oxygen atoms in total. The van der Waals surface area contributed by atoms with Gasteiger partial charge in [0, 0.05) is 0 Å².